The van der Waals surface area contributed by atoms with Gasteiger partial charge in [-0.3, -0.25) is 0 Å². The zero-order valence-corrected chi connectivity index (χ0v) is 10.2. The fraction of sp³-hybridized carbons (Fsp3) is 0.429. The maximum atomic E-state index is 9.92. The molecule has 1 aliphatic rings. The number of hydrogen-bond donors (Lipinski definition) is 1. The Balaban J connectivity index is 2.75. The largest absolute Gasteiger partial charge is 0.507 e. The molecule has 1 aromatic rings. The van der Waals surface area contributed by atoms with Crippen molar-refractivity contribution in [2.75, 3.05) is 0 Å². The lowest BCUT2D eigenvalue weighted by Crippen LogP contribution is -2.38. The van der Waals surface area contributed by atoms with Gasteiger partial charge in [-0.2, -0.15) is 0 Å². The number of rotatable bonds is 0. The van der Waals surface area contributed by atoms with Crippen molar-refractivity contribution >= 4 is 13.2 Å². The molecule has 0 aliphatic carbocycles. The van der Waals surface area contributed by atoms with Crippen molar-refractivity contribution in [1.29, 1.82) is 0 Å². The van der Waals surface area contributed by atoms with E-state index >= 15 is 0 Å². The molecule has 0 aromatic heterocycles. The van der Waals surface area contributed by atoms with Gasteiger partial charge in [0.05, 0.1) is 0 Å². The van der Waals surface area contributed by atoms with Gasteiger partial charge in [0.2, 0.25) is 0 Å². The molecule has 0 amide bonds. The van der Waals surface area contributed by atoms with Gasteiger partial charge < -0.3 is 9.84 Å². The molecule has 1 heterocycles. The number of benzene rings is 1. The summed E-state index contributed by atoms with van der Waals surface area (Å²) in [5.74, 6) is 1.07. The number of ether oxygens (including phenoxy) is 1. The van der Waals surface area contributed by atoms with Crippen LogP contribution in [0.15, 0.2) is 0 Å². The molecule has 1 aliphatic heterocycles. The van der Waals surface area contributed by atoms with Crippen LogP contribution in [0, 0.1) is 6.92 Å². The van der Waals surface area contributed by atoms with Crippen LogP contribution in [0.1, 0.15) is 31.4 Å². The van der Waals surface area contributed by atoms with Crippen molar-refractivity contribution in [2.24, 2.45) is 0 Å². The summed E-state index contributed by atoms with van der Waals surface area (Å²) in [7, 11) is 0. The Morgan fingerprint density at radius 3 is 2.50 bits per heavy atom. The summed E-state index contributed by atoms with van der Waals surface area (Å²) in [5.41, 5.74) is 1.61. The van der Waals surface area contributed by atoms with Crippen LogP contribution in [0.3, 0.4) is 0 Å². The first-order chi connectivity index (χ1) is 7.33. The molecule has 1 aromatic carbocycles. The molecule has 0 bridgehead atoms. The molecule has 86 valence electrons. The van der Waals surface area contributed by atoms with Crippen LogP contribution in [-0.4, -0.2) is 10.7 Å². The molecule has 2 rings (SSSR count). The molecule has 1 N–H and O–H groups in total. The second kappa shape index (κ2) is 3.27. The zero-order chi connectivity index (χ0) is 12.1. The van der Waals surface area contributed by atoms with Crippen LogP contribution in [0.5, 0.6) is 11.5 Å². The van der Waals surface area contributed by atoms with Gasteiger partial charge in [0.1, 0.15) is 17.1 Å². The highest BCUT2D eigenvalue weighted by Crippen LogP contribution is 2.30. The van der Waals surface area contributed by atoms with E-state index in [1.54, 1.807) is 0 Å². The third-order valence-corrected chi connectivity index (χ3v) is 3.36. The molecule has 16 heavy (non-hydrogen) atoms. The molecule has 0 radical (unpaired) electrons. The van der Waals surface area contributed by atoms with E-state index in [0.29, 0.717) is 5.22 Å². The number of fused-ring (bicyclic) bond motifs is 1. The summed E-state index contributed by atoms with van der Waals surface area (Å²) in [6.45, 7) is 13.9. The highest BCUT2D eigenvalue weighted by atomic mass is 16.5. The number of phenols is 1. The number of aromatic hydroxyl groups is 1. The lowest BCUT2D eigenvalue weighted by molar-refractivity contribution is 0.0827. The minimum Gasteiger partial charge on any atom is -0.507 e. The maximum absolute atomic E-state index is 9.92. The van der Waals surface area contributed by atoms with E-state index in [2.05, 4.69) is 27.0 Å². The monoisotopic (exact) mass is 218 g/mol. The first kappa shape index (κ1) is 11.1. The number of hydrogen-bond acceptors (Lipinski definition) is 2. The minimum absolute atomic E-state index is 0.157. The van der Waals surface area contributed by atoms with E-state index in [1.807, 2.05) is 6.92 Å². The van der Waals surface area contributed by atoms with E-state index in [0.717, 1.165) is 34.9 Å². The van der Waals surface area contributed by atoms with Crippen molar-refractivity contribution in [3.8, 4) is 11.5 Å². The molecular weight excluding hydrogens is 200 g/mol. The molecular formula is C14H18O2. The summed E-state index contributed by atoms with van der Waals surface area (Å²) in [6, 6.07) is 0. The second-order valence-corrected chi connectivity index (χ2v) is 5.10. The van der Waals surface area contributed by atoms with Crippen molar-refractivity contribution in [1.82, 2.24) is 0 Å². The van der Waals surface area contributed by atoms with E-state index in [1.165, 1.54) is 0 Å². The predicted octanol–water partition coefficient (Wildman–Crippen LogP) is 1.62. The van der Waals surface area contributed by atoms with Crippen LogP contribution in [0.4, 0.5) is 0 Å². The predicted molar refractivity (Wildman–Crippen MR) is 66.2 cm³/mol. The van der Waals surface area contributed by atoms with Crippen LogP contribution >= 0.6 is 0 Å². The van der Waals surface area contributed by atoms with Gasteiger partial charge in [-0.15, -0.1) is 0 Å². The normalized spacial score (nSPS) is 17.7. The molecule has 0 fully saturated rings. The van der Waals surface area contributed by atoms with E-state index in [9.17, 15) is 5.11 Å². The van der Waals surface area contributed by atoms with Crippen molar-refractivity contribution < 1.29 is 9.84 Å². The Hall–Kier alpha value is -1.44. The smallest absolute Gasteiger partial charge is 0.131 e. The average Bonchev–Trinajstić information content (AvgIpc) is 2.22. The highest BCUT2D eigenvalue weighted by Gasteiger charge is 2.28. The van der Waals surface area contributed by atoms with Gasteiger partial charge >= 0.3 is 0 Å². The van der Waals surface area contributed by atoms with Crippen LogP contribution < -0.4 is 15.2 Å². The summed E-state index contributed by atoms with van der Waals surface area (Å²) in [5, 5.41) is 11.4. The minimum atomic E-state index is -0.157. The Bertz CT molecular complexity index is 541. The first-order valence-electron chi connectivity index (χ1n) is 5.55. The Morgan fingerprint density at radius 2 is 1.88 bits per heavy atom. The SMILES string of the molecule is C=c1c(O)c(C)c(=C)c2c1CCC(C)(C)O2. The standard InChI is InChI=1S/C14H18O2/c1-8-9(2)13-11(10(3)12(8)15)6-7-14(4,5)16-13/h15H,2-3,6-7H2,1,4-5H3. The maximum Gasteiger partial charge on any atom is 0.131 e. The summed E-state index contributed by atoms with van der Waals surface area (Å²) < 4.78 is 5.95. The lowest BCUT2D eigenvalue weighted by atomic mass is 9.91. The van der Waals surface area contributed by atoms with Crippen molar-refractivity contribution in [3.63, 3.8) is 0 Å². The van der Waals surface area contributed by atoms with E-state index in [4.69, 9.17) is 4.74 Å². The molecule has 0 atom stereocenters. The van der Waals surface area contributed by atoms with E-state index < -0.39 is 0 Å². The topological polar surface area (TPSA) is 29.5 Å². The summed E-state index contributed by atoms with van der Waals surface area (Å²) in [4.78, 5) is 0. The fourth-order valence-corrected chi connectivity index (χ4v) is 2.14. The Kier molecular flexibility index (Phi) is 2.26. The third kappa shape index (κ3) is 1.49. The van der Waals surface area contributed by atoms with Crippen molar-refractivity contribution in [2.45, 2.75) is 39.2 Å². The average molecular weight is 218 g/mol. The Morgan fingerprint density at radius 1 is 1.25 bits per heavy atom. The Labute approximate surface area is 95.9 Å². The van der Waals surface area contributed by atoms with E-state index in [-0.39, 0.29) is 11.4 Å². The molecule has 2 heteroatoms. The molecule has 0 unspecified atom stereocenters. The molecule has 0 saturated carbocycles. The van der Waals surface area contributed by atoms with Crippen molar-refractivity contribution in [3.05, 3.63) is 21.6 Å². The first-order valence-corrected chi connectivity index (χ1v) is 5.55. The van der Waals surface area contributed by atoms with Gasteiger partial charge in [-0.05, 0) is 33.6 Å². The summed E-state index contributed by atoms with van der Waals surface area (Å²) >= 11 is 0. The zero-order valence-electron chi connectivity index (χ0n) is 10.2. The second-order valence-electron chi connectivity index (χ2n) is 5.10. The molecule has 0 spiro atoms. The molecule has 2 nitrogen and oxygen atoms in total. The van der Waals surface area contributed by atoms with Gasteiger partial charge in [-0.1, -0.05) is 13.2 Å². The van der Waals surface area contributed by atoms with Gasteiger partial charge in [0, 0.05) is 21.6 Å². The third-order valence-electron chi connectivity index (χ3n) is 3.36. The van der Waals surface area contributed by atoms with Gasteiger partial charge in [-0.25, -0.2) is 0 Å². The van der Waals surface area contributed by atoms with Gasteiger partial charge in [0.25, 0.3) is 0 Å². The highest BCUT2D eigenvalue weighted by molar-refractivity contribution is 5.51. The summed E-state index contributed by atoms with van der Waals surface area (Å²) in [6.07, 6.45) is 1.82. The van der Waals surface area contributed by atoms with Gasteiger partial charge in [0.15, 0.2) is 0 Å². The lowest BCUT2D eigenvalue weighted by Gasteiger charge is -2.33. The van der Waals surface area contributed by atoms with Crippen LogP contribution in [-0.2, 0) is 6.42 Å². The quantitative estimate of drug-likeness (QED) is 0.717. The van der Waals surface area contributed by atoms with Crippen LogP contribution in [0.25, 0.3) is 13.2 Å². The van der Waals surface area contributed by atoms with Crippen LogP contribution in [0.2, 0.25) is 0 Å². The number of phenolic OH excluding ortho intramolecular Hbond substituents is 1. The fourth-order valence-electron chi connectivity index (χ4n) is 2.14. The molecule has 0 saturated heterocycles.